The smallest absolute Gasteiger partial charge is 0.0945 e. The summed E-state index contributed by atoms with van der Waals surface area (Å²) in [5, 5.41) is 3.57. The van der Waals surface area contributed by atoms with Crippen LogP contribution in [0.4, 0.5) is 0 Å². The van der Waals surface area contributed by atoms with E-state index in [0.717, 1.165) is 19.5 Å². The van der Waals surface area contributed by atoms with Crippen LogP contribution in [0, 0.1) is 6.92 Å². The molecule has 1 atom stereocenters. The van der Waals surface area contributed by atoms with Crippen LogP contribution >= 0.6 is 0 Å². The molecular weight excluding hydrogens is 222 g/mol. The molecule has 1 heterocycles. The Hall–Kier alpha value is -1.61. The fourth-order valence-electron chi connectivity index (χ4n) is 2.18. The van der Waals surface area contributed by atoms with Crippen LogP contribution in [0.1, 0.15) is 30.5 Å². The van der Waals surface area contributed by atoms with E-state index in [9.17, 15) is 0 Å². The monoisotopic (exact) mass is 243 g/mol. The zero-order chi connectivity index (χ0) is 12.8. The number of aryl methyl sites for hydroxylation is 2. The maximum atomic E-state index is 4.04. The number of nitrogens with one attached hydrogen (secondary N) is 1. The summed E-state index contributed by atoms with van der Waals surface area (Å²) in [6, 6.07) is 8.97. The molecule has 0 saturated heterocycles. The van der Waals surface area contributed by atoms with Gasteiger partial charge in [-0.1, -0.05) is 24.3 Å². The van der Waals surface area contributed by atoms with Crippen LogP contribution in [0.15, 0.2) is 43.0 Å². The van der Waals surface area contributed by atoms with Gasteiger partial charge in [0.2, 0.25) is 0 Å². The van der Waals surface area contributed by atoms with Crippen molar-refractivity contribution in [2.75, 3.05) is 6.54 Å². The van der Waals surface area contributed by atoms with Gasteiger partial charge in [0.05, 0.1) is 6.33 Å². The first-order chi connectivity index (χ1) is 8.77. The van der Waals surface area contributed by atoms with E-state index in [2.05, 4.69) is 53.0 Å². The SMILES string of the molecule is Cc1ccccc1[C@H](C)NCCCn1ccnc1. The van der Waals surface area contributed by atoms with E-state index in [4.69, 9.17) is 0 Å². The topological polar surface area (TPSA) is 29.9 Å². The molecule has 0 aliphatic heterocycles. The van der Waals surface area contributed by atoms with Crippen LogP contribution in [0.3, 0.4) is 0 Å². The minimum absolute atomic E-state index is 0.411. The minimum atomic E-state index is 0.411. The Labute approximate surface area is 109 Å². The Morgan fingerprint density at radius 3 is 2.89 bits per heavy atom. The zero-order valence-electron chi connectivity index (χ0n) is 11.1. The molecule has 3 heteroatoms. The Morgan fingerprint density at radius 2 is 2.17 bits per heavy atom. The van der Waals surface area contributed by atoms with Gasteiger partial charge in [-0.3, -0.25) is 0 Å². The summed E-state index contributed by atoms with van der Waals surface area (Å²) in [5.74, 6) is 0. The Morgan fingerprint density at radius 1 is 1.33 bits per heavy atom. The molecule has 0 radical (unpaired) electrons. The van der Waals surface area contributed by atoms with Gasteiger partial charge in [0.25, 0.3) is 0 Å². The molecule has 1 aromatic heterocycles. The summed E-state index contributed by atoms with van der Waals surface area (Å²) in [6.07, 6.45) is 6.81. The van der Waals surface area contributed by atoms with Crippen molar-refractivity contribution >= 4 is 0 Å². The second-order valence-corrected chi connectivity index (χ2v) is 4.69. The highest BCUT2D eigenvalue weighted by atomic mass is 15.0. The molecule has 3 nitrogen and oxygen atoms in total. The van der Waals surface area contributed by atoms with Crippen molar-refractivity contribution in [2.45, 2.75) is 32.9 Å². The predicted octanol–water partition coefficient (Wildman–Crippen LogP) is 2.93. The molecule has 18 heavy (non-hydrogen) atoms. The molecule has 0 saturated carbocycles. The van der Waals surface area contributed by atoms with Gasteiger partial charge in [0, 0.05) is 25.0 Å². The number of aromatic nitrogens is 2. The van der Waals surface area contributed by atoms with Crippen molar-refractivity contribution in [1.29, 1.82) is 0 Å². The average molecular weight is 243 g/mol. The fourth-order valence-corrected chi connectivity index (χ4v) is 2.18. The first-order valence-corrected chi connectivity index (χ1v) is 6.52. The lowest BCUT2D eigenvalue weighted by Crippen LogP contribution is -2.21. The molecular formula is C15H21N3. The van der Waals surface area contributed by atoms with E-state index in [-0.39, 0.29) is 0 Å². The molecule has 0 amide bonds. The van der Waals surface area contributed by atoms with E-state index in [1.54, 1.807) is 0 Å². The number of imidazole rings is 1. The Bertz CT molecular complexity index is 462. The summed E-state index contributed by atoms with van der Waals surface area (Å²) in [7, 11) is 0. The van der Waals surface area contributed by atoms with Crippen molar-refractivity contribution in [1.82, 2.24) is 14.9 Å². The van der Waals surface area contributed by atoms with Crippen molar-refractivity contribution < 1.29 is 0 Å². The molecule has 96 valence electrons. The highest BCUT2D eigenvalue weighted by Crippen LogP contribution is 2.16. The van der Waals surface area contributed by atoms with Crippen LogP contribution in [-0.2, 0) is 6.54 Å². The number of hydrogen-bond donors (Lipinski definition) is 1. The van der Waals surface area contributed by atoms with Gasteiger partial charge in [-0.25, -0.2) is 4.98 Å². The summed E-state index contributed by atoms with van der Waals surface area (Å²) in [4.78, 5) is 4.04. The Balaban J connectivity index is 1.75. The quantitative estimate of drug-likeness (QED) is 0.791. The molecule has 2 rings (SSSR count). The third-order valence-electron chi connectivity index (χ3n) is 3.26. The molecule has 0 aliphatic rings. The third kappa shape index (κ3) is 3.44. The summed E-state index contributed by atoms with van der Waals surface area (Å²) in [6.45, 7) is 6.43. The number of hydrogen-bond acceptors (Lipinski definition) is 2. The van der Waals surface area contributed by atoms with Gasteiger partial charge in [-0.05, 0) is 37.9 Å². The maximum Gasteiger partial charge on any atom is 0.0945 e. The van der Waals surface area contributed by atoms with Crippen LogP contribution in [0.25, 0.3) is 0 Å². The van der Waals surface area contributed by atoms with Gasteiger partial charge in [-0.15, -0.1) is 0 Å². The lowest BCUT2D eigenvalue weighted by molar-refractivity contribution is 0.525. The molecule has 0 aliphatic carbocycles. The maximum absolute atomic E-state index is 4.04. The van der Waals surface area contributed by atoms with E-state index >= 15 is 0 Å². The number of nitrogens with zero attached hydrogens (tertiary/aromatic N) is 2. The summed E-state index contributed by atoms with van der Waals surface area (Å²) >= 11 is 0. The zero-order valence-corrected chi connectivity index (χ0v) is 11.1. The standard InChI is InChI=1S/C15H21N3/c1-13-6-3-4-7-15(13)14(2)17-8-5-10-18-11-9-16-12-18/h3-4,6-7,9,11-12,14,17H,5,8,10H2,1-2H3/t14-/m0/s1. The highest BCUT2D eigenvalue weighted by Gasteiger charge is 2.06. The largest absolute Gasteiger partial charge is 0.337 e. The van der Waals surface area contributed by atoms with Crippen LogP contribution < -0.4 is 5.32 Å². The first-order valence-electron chi connectivity index (χ1n) is 6.52. The summed E-state index contributed by atoms with van der Waals surface area (Å²) in [5.41, 5.74) is 2.74. The van der Waals surface area contributed by atoms with Gasteiger partial charge in [0.1, 0.15) is 0 Å². The average Bonchev–Trinajstić information content (AvgIpc) is 2.88. The molecule has 2 aromatic rings. The van der Waals surface area contributed by atoms with E-state index in [1.165, 1.54) is 11.1 Å². The van der Waals surface area contributed by atoms with Gasteiger partial charge in [-0.2, -0.15) is 0 Å². The van der Waals surface area contributed by atoms with E-state index in [1.807, 2.05) is 18.7 Å². The van der Waals surface area contributed by atoms with Gasteiger partial charge >= 0.3 is 0 Å². The predicted molar refractivity (Wildman–Crippen MR) is 74.4 cm³/mol. The van der Waals surface area contributed by atoms with Crippen molar-refractivity contribution in [3.05, 3.63) is 54.1 Å². The normalized spacial score (nSPS) is 12.6. The number of rotatable bonds is 6. The van der Waals surface area contributed by atoms with Crippen molar-refractivity contribution in [2.24, 2.45) is 0 Å². The molecule has 1 N–H and O–H groups in total. The van der Waals surface area contributed by atoms with Crippen LogP contribution in [0.5, 0.6) is 0 Å². The molecule has 1 aromatic carbocycles. The second-order valence-electron chi connectivity index (χ2n) is 4.69. The van der Waals surface area contributed by atoms with E-state index in [0.29, 0.717) is 6.04 Å². The minimum Gasteiger partial charge on any atom is -0.337 e. The lowest BCUT2D eigenvalue weighted by atomic mass is 10.0. The van der Waals surface area contributed by atoms with E-state index < -0.39 is 0 Å². The number of benzene rings is 1. The molecule has 0 spiro atoms. The van der Waals surface area contributed by atoms with Crippen LogP contribution in [0.2, 0.25) is 0 Å². The summed E-state index contributed by atoms with van der Waals surface area (Å²) < 4.78 is 2.11. The lowest BCUT2D eigenvalue weighted by Gasteiger charge is -2.16. The third-order valence-corrected chi connectivity index (χ3v) is 3.26. The van der Waals surface area contributed by atoms with Gasteiger partial charge in [0.15, 0.2) is 0 Å². The van der Waals surface area contributed by atoms with Gasteiger partial charge < -0.3 is 9.88 Å². The molecule has 0 bridgehead atoms. The molecule has 0 unspecified atom stereocenters. The van der Waals surface area contributed by atoms with Crippen molar-refractivity contribution in [3.8, 4) is 0 Å². The van der Waals surface area contributed by atoms with Crippen molar-refractivity contribution in [3.63, 3.8) is 0 Å². The second kappa shape index (κ2) is 6.36. The Kier molecular flexibility index (Phi) is 4.53. The van der Waals surface area contributed by atoms with Crippen LogP contribution in [-0.4, -0.2) is 16.1 Å². The highest BCUT2D eigenvalue weighted by molar-refractivity contribution is 5.28. The first kappa shape index (κ1) is 12.8. The molecule has 0 fully saturated rings. The fraction of sp³-hybridized carbons (Fsp3) is 0.400.